The molecule has 2 aromatic rings. The van der Waals surface area contributed by atoms with Gasteiger partial charge in [0, 0.05) is 32.7 Å². The third kappa shape index (κ3) is 5.22. The smallest absolute Gasteiger partial charge is 0.217 e. The van der Waals surface area contributed by atoms with Gasteiger partial charge >= 0.3 is 0 Å². The third-order valence-electron chi connectivity index (χ3n) is 5.76. The number of benzene rings is 1. The molecule has 8 heteroatoms. The van der Waals surface area contributed by atoms with Crippen LogP contribution in [0.25, 0.3) is 11.1 Å². The Hall–Kier alpha value is -3.26. The van der Waals surface area contributed by atoms with Crippen molar-refractivity contribution in [3.8, 4) is 28.4 Å². The van der Waals surface area contributed by atoms with Crippen LogP contribution in [0.2, 0.25) is 0 Å². The summed E-state index contributed by atoms with van der Waals surface area (Å²) in [6.45, 7) is 2.69. The van der Waals surface area contributed by atoms with Gasteiger partial charge in [0.1, 0.15) is 0 Å². The second kappa shape index (κ2) is 11.0. The van der Waals surface area contributed by atoms with E-state index in [1.54, 1.807) is 40.6 Å². The highest BCUT2D eigenvalue weighted by atomic mass is 16.5. The molecule has 0 unspecified atom stereocenters. The molecule has 0 bridgehead atoms. The highest BCUT2D eigenvalue weighted by molar-refractivity contribution is 5.83. The first-order chi connectivity index (χ1) is 15.9. The topological polar surface area (TPSA) is 95.1 Å². The van der Waals surface area contributed by atoms with Crippen LogP contribution in [-0.4, -0.2) is 47.5 Å². The van der Waals surface area contributed by atoms with E-state index in [4.69, 9.17) is 18.9 Å². The van der Waals surface area contributed by atoms with E-state index < -0.39 is 0 Å². The van der Waals surface area contributed by atoms with Gasteiger partial charge in [0.05, 0.1) is 33.1 Å². The third-order valence-corrected chi connectivity index (χ3v) is 5.76. The molecule has 0 fully saturated rings. The van der Waals surface area contributed by atoms with Crippen LogP contribution in [0.4, 0.5) is 5.69 Å². The average molecular weight is 457 g/mol. The maximum absolute atomic E-state index is 13.1. The molecule has 2 N–H and O–H groups in total. The van der Waals surface area contributed by atoms with Gasteiger partial charge < -0.3 is 29.6 Å². The number of hydrogen-bond acceptors (Lipinski definition) is 7. The maximum atomic E-state index is 13.1. The molecule has 0 aromatic heterocycles. The Morgan fingerprint density at radius 3 is 2.45 bits per heavy atom. The standard InChI is InChI=1S/C25H32N2O6/c1-15(28)27-19-9-7-16-13-22(31-3)24(32-4)25(33-5)23(16)17-8-10-20(21(29)14-18(17)19)26-11-6-12-30-2/h8,10,13-14,19H,6-7,9,11-12H2,1-5H3,(H,26,29)(H,27,28)/t19-/m1/s1. The molecule has 1 aliphatic rings. The van der Waals surface area contributed by atoms with E-state index in [0.29, 0.717) is 48.9 Å². The summed E-state index contributed by atoms with van der Waals surface area (Å²) >= 11 is 0. The van der Waals surface area contributed by atoms with Crippen molar-refractivity contribution in [2.75, 3.05) is 46.9 Å². The van der Waals surface area contributed by atoms with Gasteiger partial charge in [0.25, 0.3) is 0 Å². The number of methoxy groups -OCH3 is 4. The highest BCUT2D eigenvalue weighted by Gasteiger charge is 2.29. The molecule has 178 valence electrons. The first kappa shape index (κ1) is 24.4. The van der Waals surface area contributed by atoms with E-state index in [9.17, 15) is 9.59 Å². The lowest BCUT2D eigenvalue weighted by molar-refractivity contribution is -0.119. The van der Waals surface area contributed by atoms with Crippen LogP contribution in [0.15, 0.2) is 29.1 Å². The molecule has 0 heterocycles. The van der Waals surface area contributed by atoms with Gasteiger partial charge in [-0.1, -0.05) is 6.07 Å². The van der Waals surface area contributed by atoms with Gasteiger partial charge in [-0.25, -0.2) is 0 Å². The number of rotatable bonds is 9. The van der Waals surface area contributed by atoms with Gasteiger partial charge in [-0.05, 0) is 54.2 Å². The van der Waals surface area contributed by atoms with Crippen LogP contribution in [0.3, 0.4) is 0 Å². The fourth-order valence-electron chi connectivity index (χ4n) is 4.29. The predicted molar refractivity (Wildman–Crippen MR) is 128 cm³/mol. The minimum Gasteiger partial charge on any atom is -0.493 e. The summed E-state index contributed by atoms with van der Waals surface area (Å²) in [5.41, 5.74) is 3.71. The molecule has 0 radical (unpaired) electrons. The first-order valence-corrected chi connectivity index (χ1v) is 11.0. The summed E-state index contributed by atoms with van der Waals surface area (Å²) in [7, 11) is 6.37. The number of amides is 1. The molecule has 1 amide bonds. The predicted octanol–water partition coefficient (Wildman–Crippen LogP) is 3.31. The second-order valence-corrected chi connectivity index (χ2v) is 7.87. The summed E-state index contributed by atoms with van der Waals surface area (Å²) in [5.74, 6) is 1.42. The van der Waals surface area contributed by atoms with E-state index >= 15 is 0 Å². The minimum atomic E-state index is -0.326. The summed E-state index contributed by atoms with van der Waals surface area (Å²) < 4.78 is 22.0. The minimum absolute atomic E-state index is 0.146. The molecule has 1 atom stereocenters. The SMILES string of the molecule is COCCCNc1ccc2c(cc1=O)[C@H](NC(C)=O)CCc1cc(OC)c(OC)c(OC)c1-2. The normalized spacial score (nSPS) is 14.4. The molecule has 8 nitrogen and oxygen atoms in total. The molecule has 0 aliphatic heterocycles. The molecule has 3 rings (SSSR count). The van der Waals surface area contributed by atoms with Crippen molar-refractivity contribution in [1.82, 2.24) is 5.32 Å². The number of carbonyl (C=O) groups excluding carboxylic acids is 1. The zero-order chi connectivity index (χ0) is 24.0. The molecule has 0 spiro atoms. The van der Waals surface area contributed by atoms with E-state index in [2.05, 4.69) is 10.6 Å². The Morgan fingerprint density at radius 2 is 1.82 bits per heavy atom. The van der Waals surface area contributed by atoms with Gasteiger partial charge in [-0.15, -0.1) is 0 Å². The number of ether oxygens (including phenoxy) is 4. The van der Waals surface area contributed by atoms with Crippen LogP contribution < -0.4 is 30.3 Å². The Kier molecular flexibility index (Phi) is 8.16. The van der Waals surface area contributed by atoms with Gasteiger partial charge in [0.15, 0.2) is 11.5 Å². The van der Waals surface area contributed by atoms with Crippen molar-refractivity contribution in [1.29, 1.82) is 0 Å². The van der Waals surface area contributed by atoms with E-state index in [-0.39, 0.29) is 17.4 Å². The quantitative estimate of drug-likeness (QED) is 0.559. The molecule has 0 saturated heterocycles. The van der Waals surface area contributed by atoms with Crippen molar-refractivity contribution in [3.05, 3.63) is 45.6 Å². The van der Waals surface area contributed by atoms with Crippen molar-refractivity contribution < 1.29 is 23.7 Å². The number of nitrogens with one attached hydrogen (secondary N) is 2. The zero-order valence-electron chi connectivity index (χ0n) is 19.9. The van der Waals surface area contributed by atoms with Crippen LogP contribution in [-0.2, 0) is 16.0 Å². The fraction of sp³-hybridized carbons (Fsp3) is 0.440. The Balaban J connectivity index is 2.25. The molecule has 33 heavy (non-hydrogen) atoms. The van der Waals surface area contributed by atoms with Gasteiger partial charge in [-0.2, -0.15) is 0 Å². The highest BCUT2D eigenvalue weighted by Crippen LogP contribution is 2.50. The molecule has 2 aromatic carbocycles. The number of fused-ring (bicyclic) bond motifs is 3. The monoisotopic (exact) mass is 456 g/mol. The molecular weight excluding hydrogens is 424 g/mol. The van der Waals surface area contributed by atoms with Crippen LogP contribution in [0.1, 0.15) is 36.9 Å². The lowest BCUT2D eigenvalue weighted by Crippen LogP contribution is -2.26. The van der Waals surface area contributed by atoms with Crippen molar-refractivity contribution >= 4 is 11.6 Å². The van der Waals surface area contributed by atoms with Crippen LogP contribution >= 0.6 is 0 Å². The second-order valence-electron chi connectivity index (χ2n) is 7.87. The largest absolute Gasteiger partial charge is 0.493 e. The first-order valence-electron chi connectivity index (χ1n) is 11.0. The summed E-state index contributed by atoms with van der Waals surface area (Å²) in [5, 5.41) is 6.21. The van der Waals surface area contributed by atoms with Crippen molar-refractivity contribution in [2.45, 2.75) is 32.2 Å². The summed E-state index contributed by atoms with van der Waals surface area (Å²) in [6.07, 6.45) is 2.06. The maximum Gasteiger partial charge on any atom is 0.217 e. The van der Waals surface area contributed by atoms with Gasteiger partial charge in [-0.3, -0.25) is 9.59 Å². The van der Waals surface area contributed by atoms with E-state index in [1.807, 2.05) is 12.1 Å². The Labute approximate surface area is 194 Å². The Morgan fingerprint density at radius 1 is 1.06 bits per heavy atom. The van der Waals surface area contributed by atoms with Crippen molar-refractivity contribution in [2.24, 2.45) is 0 Å². The van der Waals surface area contributed by atoms with E-state index in [1.165, 1.54) is 6.92 Å². The lowest BCUT2D eigenvalue weighted by atomic mass is 9.95. The van der Waals surface area contributed by atoms with Crippen molar-refractivity contribution in [3.63, 3.8) is 0 Å². The summed E-state index contributed by atoms with van der Waals surface area (Å²) in [4.78, 5) is 25.1. The van der Waals surface area contributed by atoms with Gasteiger partial charge in [0.2, 0.25) is 17.1 Å². The number of anilines is 1. The number of aryl methyl sites for hydroxylation is 1. The number of hydrogen-bond donors (Lipinski definition) is 2. The molecule has 0 saturated carbocycles. The lowest BCUT2D eigenvalue weighted by Gasteiger charge is -2.19. The Bertz CT molecular complexity index is 1070. The van der Waals surface area contributed by atoms with Crippen LogP contribution in [0, 0.1) is 0 Å². The summed E-state index contributed by atoms with van der Waals surface area (Å²) in [6, 6.07) is 6.91. The van der Waals surface area contributed by atoms with E-state index in [0.717, 1.165) is 28.7 Å². The number of carbonyl (C=O) groups is 1. The molecule has 1 aliphatic carbocycles. The molecular formula is C25H32N2O6. The average Bonchev–Trinajstić information content (AvgIpc) is 3.04. The zero-order valence-corrected chi connectivity index (χ0v) is 19.9. The fourth-order valence-corrected chi connectivity index (χ4v) is 4.29. The van der Waals surface area contributed by atoms with Crippen LogP contribution in [0.5, 0.6) is 17.2 Å².